The van der Waals surface area contributed by atoms with Gasteiger partial charge in [0, 0.05) is 7.05 Å². The van der Waals surface area contributed by atoms with Crippen molar-refractivity contribution in [3.63, 3.8) is 0 Å². The van der Waals surface area contributed by atoms with E-state index in [1.807, 2.05) is 0 Å². The number of nitrogens with one attached hydrogen (secondary N) is 3. The number of amides is 3. The number of ether oxygens (including phenoxy) is 1. The smallest absolute Gasteiger partial charge is 0.325 e. The highest BCUT2D eigenvalue weighted by Gasteiger charge is 2.14. The summed E-state index contributed by atoms with van der Waals surface area (Å²) in [6.07, 6.45) is 0. The highest BCUT2D eigenvalue weighted by atomic mass is 16.5. The second-order valence-corrected chi connectivity index (χ2v) is 2.97. The fraction of sp³-hybridized carbons (Fsp3) is 0.667. The zero-order valence-corrected chi connectivity index (χ0v) is 9.62. The molecule has 0 aromatic heterocycles. The summed E-state index contributed by atoms with van der Waals surface area (Å²) in [4.78, 5) is 33.1. The molecule has 0 aromatic carbocycles. The molecule has 3 N–H and O–H groups in total. The molecular weight excluding hydrogens is 214 g/mol. The molecule has 1 atom stereocenters. The quantitative estimate of drug-likeness (QED) is 0.528. The van der Waals surface area contributed by atoms with Crippen LogP contribution in [0.2, 0.25) is 0 Å². The zero-order valence-electron chi connectivity index (χ0n) is 9.62. The van der Waals surface area contributed by atoms with E-state index in [1.165, 1.54) is 14.0 Å². The van der Waals surface area contributed by atoms with Gasteiger partial charge in [0.1, 0.15) is 12.6 Å². The first-order chi connectivity index (χ1) is 7.51. The third-order valence-electron chi connectivity index (χ3n) is 1.69. The van der Waals surface area contributed by atoms with Crippen LogP contribution in [0.5, 0.6) is 0 Å². The van der Waals surface area contributed by atoms with Gasteiger partial charge in [-0.2, -0.15) is 0 Å². The van der Waals surface area contributed by atoms with Crippen LogP contribution >= 0.6 is 0 Å². The summed E-state index contributed by atoms with van der Waals surface area (Å²) in [5, 5.41) is 7.01. The molecule has 0 radical (unpaired) electrons. The van der Waals surface area contributed by atoms with E-state index in [0.29, 0.717) is 0 Å². The van der Waals surface area contributed by atoms with Gasteiger partial charge in [-0.15, -0.1) is 0 Å². The fourth-order valence-electron chi connectivity index (χ4n) is 0.894. The third kappa shape index (κ3) is 5.84. The number of hydrogen-bond donors (Lipinski definition) is 3. The molecule has 0 aliphatic heterocycles. The zero-order chi connectivity index (χ0) is 12.6. The molecule has 0 aliphatic rings. The van der Waals surface area contributed by atoms with Crippen LogP contribution in [0.3, 0.4) is 0 Å². The lowest BCUT2D eigenvalue weighted by molar-refractivity contribution is -0.141. The van der Waals surface area contributed by atoms with Gasteiger partial charge in [-0.25, -0.2) is 4.79 Å². The molecule has 0 saturated heterocycles. The normalized spacial score (nSPS) is 11.2. The largest absolute Gasteiger partial charge is 0.465 e. The molecule has 0 saturated carbocycles. The fourth-order valence-corrected chi connectivity index (χ4v) is 0.894. The van der Waals surface area contributed by atoms with Crippen molar-refractivity contribution in [1.82, 2.24) is 16.0 Å². The molecular formula is C9H17N3O4. The van der Waals surface area contributed by atoms with Gasteiger partial charge in [-0.3, -0.25) is 9.59 Å². The van der Waals surface area contributed by atoms with Crippen LogP contribution in [0, 0.1) is 0 Å². The standard InChI is InChI=1S/C9H17N3O4/c1-4-16-7(13)5-11-9(15)12-6(2)8(14)10-3/h6H,4-5H2,1-3H3,(H,10,14)(H2,11,12,15). The maximum atomic E-state index is 11.2. The Morgan fingerprint density at radius 3 is 2.44 bits per heavy atom. The van der Waals surface area contributed by atoms with Crippen molar-refractivity contribution in [3.05, 3.63) is 0 Å². The molecule has 16 heavy (non-hydrogen) atoms. The van der Waals surface area contributed by atoms with Gasteiger partial charge < -0.3 is 20.7 Å². The number of esters is 1. The molecule has 3 amide bonds. The predicted molar refractivity (Wildman–Crippen MR) is 56.7 cm³/mol. The molecule has 1 unspecified atom stereocenters. The van der Waals surface area contributed by atoms with Crippen molar-refractivity contribution in [3.8, 4) is 0 Å². The van der Waals surface area contributed by atoms with Crippen LogP contribution in [0.4, 0.5) is 4.79 Å². The number of carbonyl (C=O) groups is 3. The minimum atomic E-state index is -0.660. The summed E-state index contributed by atoms with van der Waals surface area (Å²) < 4.78 is 4.61. The average Bonchev–Trinajstić information content (AvgIpc) is 2.25. The third-order valence-corrected chi connectivity index (χ3v) is 1.69. The first kappa shape index (κ1) is 14.2. The molecule has 0 aliphatic carbocycles. The summed E-state index contributed by atoms with van der Waals surface area (Å²) in [7, 11) is 1.47. The van der Waals surface area contributed by atoms with E-state index in [1.54, 1.807) is 6.92 Å². The van der Waals surface area contributed by atoms with Gasteiger partial charge in [-0.1, -0.05) is 0 Å². The second-order valence-electron chi connectivity index (χ2n) is 2.97. The minimum absolute atomic E-state index is 0.222. The Morgan fingerprint density at radius 1 is 1.31 bits per heavy atom. The van der Waals surface area contributed by atoms with E-state index in [9.17, 15) is 14.4 Å². The molecule has 0 fully saturated rings. The Kier molecular flexibility index (Phi) is 6.66. The molecule has 0 rings (SSSR count). The lowest BCUT2D eigenvalue weighted by atomic mass is 10.3. The van der Waals surface area contributed by atoms with Gasteiger partial charge in [-0.05, 0) is 13.8 Å². The van der Waals surface area contributed by atoms with Crippen molar-refractivity contribution in [2.45, 2.75) is 19.9 Å². The Hall–Kier alpha value is -1.79. The number of rotatable bonds is 5. The maximum Gasteiger partial charge on any atom is 0.325 e. The molecule has 0 bridgehead atoms. The van der Waals surface area contributed by atoms with Crippen molar-refractivity contribution in [1.29, 1.82) is 0 Å². The summed E-state index contributed by atoms with van der Waals surface area (Å²) in [5.41, 5.74) is 0. The lowest BCUT2D eigenvalue weighted by Gasteiger charge is -2.12. The monoisotopic (exact) mass is 231 g/mol. The average molecular weight is 231 g/mol. The first-order valence-electron chi connectivity index (χ1n) is 4.92. The Balaban J connectivity index is 3.82. The lowest BCUT2D eigenvalue weighted by Crippen LogP contribution is -2.48. The summed E-state index contributed by atoms with van der Waals surface area (Å²) >= 11 is 0. The van der Waals surface area contributed by atoms with Gasteiger partial charge in [0.2, 0.25) is 5.91 Å². The summed E-state index contributed by atoms with van der Waals surface area (Å²) in [6, 6.07) is -1.25. The number of urea groups is 1. The second kappa shape index (κ2) is 7.49. The van der Waals surface area contributed by atoms with E-state index in [0.717, 1.165) is 0 Å². The molecule has 7 heteroatoms. The molecule has 0 spiro atoms. The van der Waals surface area contributed by atoms with Crippen LogP contribution in [0.1, 0.15) is 13.8 Å². The van der Waals surface area contributed by atoms with Gasteiger partial charge in [0.05, 0.1) is 6.61 Å². The highest BCUT2D eigenvalue weighted by Crippen LogP contribution is 1.81. The Labute approximate surface area is 93.9 Å². The molecule has 0 heterocycles. The van der Waals surface area contributed by atoms with Crippen LogP contribution in [-0.2, 0) is 14.3 Å². The molecule has 7 nitrogen and oxygen atoms in total. The Bertz CT molecular complexity index is 267. The van der Waals surface area contributed by atoms with E-state index in [2.05, 4.69) is 20.7 Å². The van der Waals surface area contributed by atoms with E-state index < -0.39 is 18.0 Å². The van der Waals surface area contributed by atoms with E-state index in [4.69, 9.17) is 0 Å². The van der Waals surface area contributed by atoms with E-state index >= 15 is 0 Å². The number of carbonyl (C=O) groups excluding carboxylic acids is 3. The molecule has 92 valence electrons. The van der Waals surface area contributed by atoms with Gasteiger partial charge in [0.25, 0.3) is 0 Å². The minimum Gasteiger partial charge on any atom is -0.465 e. The molecule has 0 aromatic rings. The SMILES string of the molecule is CCOC(=O)CNC(=O)NC(C)C(=O)NC. The van der Waals surface area contributed by atoms with Gasteiger partial charge >= 0.3 is 12.0 Å². The van der Waals surface area contributed by atoms with Crippen LogP contribution in [0.15, 0.2) is 0 Å². The highest BCUT2D eigenvalue weighted by molar-refractivity contribution is 5.87. The van der Waals surface area contributed by atoms with Crippen LogP contribution < -0.4 is 16.0 Å². The summed E-state index contributed by atoms with van der Waals surface area (Å²) in [6.45, 7) is 3.24. The maximum absolute atomic E-state index is 11.2. The van der Waals surface area contributed by atoms with E-state index in [-0.39, 0.29) is 19.1 Å². The number of hydrogen-bond acceptors (Lipinski definition) is 4. The topological polar surface area (TPSA) is 96.5 Å². The van der Waals surface area contributed by atoms with Crippen molar-refractivity contribution < 1.29 is 19.1 Å². The van der Waals surface area contributed by atoms with Crippen LogP contribution in [-0.4, -0.2) is 44.1 Å². The van der Waals surface area contributed by atoms with Crippen LogP contribution in [0.25, 0.3) is 0 Å². The first-order valence-corrected chi connectivity index (χ1v) is 4.92. The van der Waals surface area contributed by atoms with Gasteiger partial charge in [0.15, 0.2) is 0 Å². The Morgan fingerprint density at radius 2 is 1.94 bits per heavy atom. The predicted octanol–water partition coefficient (Wildman–Crippen LogP) is -1.02. The summed E-state index contributed by atoms with van der Waals surface area (Å²) in [5.74, 6) is -0.837. The number of likely N-dealkylation sites (N-methyl/N-ethyl adjacent to an activating group) is 1. The van der Waals surface area contributed by atoms with Crippen molar-refractivity contribution in [2.75, 3.05) is 20.2 Å². The van der Waals surface area contributed by atoms with Crippen molar-refractivity contribution >= 4 is 17.9 Å². The van der Waals surface area contributed by atoms with Crippen molar-refractivity contribution in [2.24, 2.45) is 0 Å².